The zero-order valence-corrected chi connectivity index (χ0v) is 19.3. The smallest absolute Gasteiger partial charge is 0.356 e. The van der Waals surface area contributed by atoms with E-state index < -0.39 is 17.6 Å². The molecule has 0 radical (unpaired) electrons. The number of anilines is 1. The Hall–Kier alpha value is -3.73. The van der Waals surface area contributed by atoms with Gasteiger partial charge in [0.15, 0.2) is 5.82 Å². The lowest BCUT2D eigenvalue weighted by Crippen LogP contribution is -2.45. The third-order valence-corrected chi connectivity index (χ3v) is 6.64. The van der Waals surface area contributed by atoms with Crippen molar-refractivity contribution in [2.24, 2.45) is 0 Å². The molecule has 1 amide bonds. The number of rotatable bonds is 5. The number of hydrogen-bond acceptors (Lipinski definition) is 6. The topological polar surface area (TPSA) is 75.9 Å². The maximum atomic E-state index is 13.3. The summed E-state index contributed by atoms with van der Waals surface area (Å²) >= 11 is 1.36. The van der Waals surface area contributed by atoms with Gasteiger partial charge in [0.1, 0.15) is 5.82 Å². The van der Waals surface area contributed by atoms with Crippen molar-refractivity contribution >= 4 is 23.1 Å². The first kappa shape index (κ1) is 23.0. The average Bonchev–Trinajstić information content (AvgIpc) is 3.55. The Kier molecular flexibility index (Phi) is 6.25. The fraction of sp³-hybridized carbons (Fsp3) is 0.250. The van der Waals surface area contributed by atoms with Gasteiger partial charge in [0.25, 0.3) is 5.91 Å². The number of hydrogen-bond donors (Lipinski definition) is 1. The Morgan fingerprint density at radius 3 is 2.57 bits per heavy atom. The summed E-state index contributed by atoms with van der Waals surface area (Å²) in [5.41, 5.74) is -0.619. The van der Waals surface area contributed by atoms with Crippen molar-refractivity contribution < 1.29 is 18.0 Å². The number of piperidine rings is 1. The van der Waals surface area contributed by atoms with E-state index in [1.165, 1.54) is 28.2 Å². The number of benzene rings is 1. The second-order valence-corrected chi connectivity index (χ2v) is 9.07. The van der Waals surface area contributed by atoms with Gasteiger partial charge >= 0.3 is 6.18 Å². The van der Waals surface area contributed by atoms with E-state index in [-0.39, 0.29) is 17.6 Å². The van der Waals surface area contributed by atoms with Gasteiger partial charge in [-0.1, -0.05) is 18.2 Å². The number of carbonyl (C=O) groups is 1. The van der Waals surface area contributed by atoms with Crippen LogP contribution in [-0.2, 0) is 6.18 Å². The predicted octanol–water partition coefficient (Wildman–Crippen LogP) is 4.81. The molecule has 7 nitrogen and oxygen atoms in total. The molecule has 3 aromatic heterocycles. The van der Waals surface area contributed by atoms with Crippen LogP contribution in [0, 0.1) is 0 Å². The average molecular weight is 499 g/mol. The number of alkyl halides is 3. The second kappa shape index (κ2) is 9.49. The zero-order valence-electron chi connectivity index (χ0n) is 18.4. The van der Waals surface area contributed by atoms with E-state index in [1.54, 1.807) is 18.3 Å². The normalized spacial score (nSPS) is 14.8. The van der Waals surface area contributed by atoms with Crippen molar-refractivity contribution in [3.8, 4) is 16.4 Å². The Labute approximate surface area is 203 Å². The molecule has 1 aromatic carbocycles. The SMILES string of the molecule is O=C(NC1CCN(c2ccccn2)CC1)c1nc(-c2cccs2)n(-c2cccc(C(F)(F)F)c2)n1. The van der Waals surface area contributed by atoms with Gasteiger partial charge in [0.2, 0.25) is 5.82 Å². The lowest BCUT2D eigenvalue weighted by molar-refractivity contribution is -0.137. The maximum Gasteiger partial charge on any atom is 0.416 e. The number of carbonyl (C=O) groups excluding carboxylic acids is 1. The van der Waals surface area contributed by atoms with Gasteiger partial charge in [-0.05, 0) is 54.6 Å². The fourth-order valence-electron chi connectivity index (χ4n) is 4.01. The first-order valence-corrected chi connectivity index (χ1v) is 11.9. The van der Waals surface area contributed by atoms with Crippen molar-refractivity contribution in [3.63, 3.8) is 0 Å². The summed E-state index contributed by atoms with van der Waals surface area (Å²) in [6.45, 7) is 1.49. The van der Waals surface area contributed by atoms with Gasteiger partial charge in [-0.3, -0.25) is 4.79 Å². The van der Waals surface area contributed by atoms with Crippen LogP contribution in [0.5, 0.6) is 0 Å². The van der Waals surface area contributed by atoms with Crippen LogP contribution in [0.1, 0.15) is 29.0 Å². The highest BCUT2D eigenvalue weighted by atomic mass is 32.1. The maximum absolute atomic E-state index is 13.3. The van der Waals surface area contributed by atoms with Crippen LogP contribution in [0.3, 0.4) is 0 Å². The first-order chi connectivity index (χ1) is 16.9. The van der Waals surface area contributed by atoms with E-state index >= 15 is 0 Å². The molecular weight excluding hydrogens is 477 g/mol. The van der Waals surface area contributed by atoms with E-state index in [2.05, 4.69) is 25.3 Å². The van der Waals surface area contributed by atoms with Crippen molar-refractivity contribution in [2.75, 3.05) is 18.0 Å². The molecule has 0 spiro atoms. The van der Waals surface area contributed by atoms with E-state index in [0.29, 0.717) is 10.7 Å². The van der Waals surface area contributed by atoms with Gasteiger partial charge < -0.3 is 10.2 Å². The molecule has 0 saturated carbocycles. The summed E-state index contributed by atoms with van der Waals surface area (Å²) in [6, 6.07) is 14.1. The molecule has 0 unspecified atom stereocenters. The molecule has 4 heterocycles. The van der Waals surface area contributed by atoms with Crippen molar-refractivity contribution in [2.45, 2.75) is 25.1 Å². The summed E-state index contributed by atoms with van der Waals surface area (Å²) in [7, 11) is 0. The Bertz CT molecular complexity index is 1300. The minimum atomic E-state index is -4.50. The summed E-state index contributed by atoms with van der Waals surface area (Å²) in [4.78, 5) is 24.6. The highest BCUT2D eigenvalue weighted by Crippen LogP contribution is 2.32. The minimum absolute atomic E-state index is 0.0619. The van der Waals surface area contributed by atoms with Crippen LogP contribution in [0.2, 0.25) is 0 Å². The number of pyridine rings is 1. The van der Waals surface area contributed by atoms with Crippen LogP contribution < -0.4 is 10.2 Å². The summed E-state index contributed by atoms with van der Waals surface area (Å²) < 4.78 is 41.1. The third kappa shape index (κ3) is 5.04. The van der Waals surface area contributed by atoms with E-state index in [4.69, 9.17) is 0 Å². The Balaban J connectivity index is 1.36. The van der Waals surface area contributed by atoms with Crippen molar-refractivity contribution in [3.05, 3.63) is 77.6 Å². The van der Waals surface area contributed by atoms with Crippen LogP contribution in [-0.4, -0.2) is 44.8 Å². The standard InChI is InChI=1S/C24H21F3N6OS/c25-24(26,27)16-5-3-6-18(15-16)33-22(19-7-4-14-35-19)30-21(31-33)23(34)29-17-9-12-32(13-10-17)20-8-1-2-11-28-20/h1-8,11,14-15,17H,9-10,12-13H2,(H,29,34). The number of halogens is 3. The zero-order chi connectivity index (χ0) is 24.4. The monoisotopic (exact) mass is 498 g/mol. The number of nitrogens with one attached hydrogen (secondary N) is 1. The molecule has 4 aromatic rings. The molecule has 11 heteroatoms. The number of amides is 1. The lowest BCUT2D eigenvalue weighted by Gasteiger charge is -2.32. The second-order valence-electron chi connectivity index (χ2n) is 8.12. The van der Waals surface area contributed by atoms with Crippen LogP contribution >= 0.6 is 11.3 Å². The molecule has 1 saturated heterocycles. The largest absolute Gasteiger partial charge is 0.416 e. The van der Waals surface area contributed by atoms with Crippen LogP contribution in [0.4, 0.5) is 19.0 Å². The Morgan fingerprint density at radius 2 is 1.89 bits per heavy atom. The van der Waals surface area contributed by atoms with E-state index in [1.807, 2.05) is 23.6 Å². The van der Waals surface area contributed by atoms with Gasteiger partial charge in [-0.2, -0.15) is 13.2 Å². The van der Waals surface area contributed by atoms with E-state index in [0.717, 1.165) is 43.9 Å². The van der Waals surface area contributed by atoms with Crippen LogP contribution in [0.25, 0.3) is 16.4 Å². The number of aromatic nitrogens is 4. The molecule has 1 aliphatic rings. The highest BCUT2D eigenvalue weighted by Gasteiger charge is 2.31. The minimum Gasteiger partial charge on any atom is -0.356 e. The lowest BCUT2D eigenvalue weighted by atomic mass is 10.0. The van der Waals surface area contributed by atoms with Gasteiger partial charge in [-0.15, -0.1) is 16.4 Å². The molecule has 0 aliphatic carbocycles. The fourth-order valence-corrected chi connectivity index (χ4v) is 4.71. The molecule has 0 atom stereocenters. The van der Waals surface area contributed by atoms with Gasteiger partial charge in [0.05, 0.1) is 16.1 Å². The number of nitrogens with zero attached hydrogens (tertiary/aromatic N) is 5. The van der Waals surface area contributed by atoms with E-state index in [9.17, 15) is 18.0 Å². The molecule has 5 rings (SSSR count). The number of thiophene rings is 1. The predicted molar refractivity (Wildman–Crippen MR) is 127 cm³/mol. The third-order valence-electron chi connectivity index (χ3n) is 5.77. The van der Waals surface area contributed by atoms with Gasteiger partial charge in [0, 0.05) is 25.3 Å². The highest BCUT2D eigenvalue weighted by molar-refractivity contribution is 7.13. The molecule has 1 fully saturated rings. The molecule has 0 bridgehead atoms. The summed E-state index contributed by atoms with van der Waals surface area (Å²) in [5, 5.41) is 9.11. The first-order valence-electron chi connectivity index (χ1n) is 11.0. The summed E-state index contributed by atoms with van der Waals surface area (Å²) in [6.07, 6.45) is -1.28. The van der Waals surface area contributed by atoms with Crippen molar-refractivity contribution in [1.29, 1.82) is 0 Å². The molecule has 1 aliphatic heterocycles. The van der Waals surface area contributed by atoms with Crippen LogP contribution in [0.15, 0.2) is 66.2 Å². The molecule has 35 heavy (non-hydrogen) atoms. The van der Waals surface area contributed by atoms with Crippen molar-refractivity contribution in [1.82, 2.24) is 25.1 Å². The van der Waals surface area contributed by atoms with Gasteiger partial charge in [-0.25, -0.2) is 14.6 Å². The Morgan fingerprint density at radius 1 is 1.06 bits per heavy atom. The molecule has 1 N–H and O–H groups in total. The quantitative estimate of drug-likeness (QED) is 0.428. The molecule has 180 valence electrons. The molecular formula is C24H21F3N6OS. The summed E-state index contributed by atoms with van der Waals surface area (Å²) in [5.74, 6) is 0.677.